The fourth-order valence-electron chi connectivity index (χ4n) is 1.48. The summed E-state index contributed by atoms with van der Waals surface area (Å²) >= 11 is 0. The highest BCUT2D eigenvalue weighted by atomic mass is 16.5. The molecule has 0 N–H and O–H groups in total. The van der Waals surface area contributed by atoms with Gasteiger partial charge in [0.1, 0.15) is 0 Å². The molecule has 0 unspecified atom stereocenters. The molecule has 2 aromatic rings. The van der Waals surface area contributed by atoms with Crippen molar-refractivity contribution in [3.05, 3.63) is 24.3 Å². The van der Waals surface area contributed by atoms with E-state index in [1.807, 2.05) is 28.8 Å². The molecule has 1 aromatic carbocycles. The molecule has 4 heteroatoms. The van der Waals surface area contributed by atoms with Crippen LogP contribution in [-0.4, -0.2) is 16.0 Å². The van der Waals surface area contributed by atoms with E-state index in [0.29, 0.717) is 12.7 Å². The van der Waals surface area contributed by atoms with Gasteiger partial charge in [0, 0.05) is 0 Å². The maximum Gasteiger partial charge on any atom is 0.236 e. The standard InChI is InChI=1S/C9H7N3O/c1-2-4-8-7(3-1)11-9-10-5-13-6-12(8)9/h1-5H,6H2. The number of nitrogens with zero attached hydrogens (tertiary/aromatic N) is 3. The van der Waals surface area contributed by atoms with Crippen molar-refractivity contribution >= 4 is 23.4 Å². The lowest BCUT2D eigenvalue weighted by atomic mass is 10.3. The highest BCUT2D eigenvalue weighted by Gasteiger charge is 2.11. The lowest BCUT2D eigenvalue weighted by molar-refractivity contribution is 0.232. The van der Waals surface area contributed by atoms with E-state index in [0.717, 1.165) is 11.0 Å². The van der Waals surface area contributed by atoms with Crippen LogP contribution in [0.15, 0.2) is 29.3 Å². The lowest BCUT2D eigenvalue weighted by Crippen LogP contribution is -2.04. The fraction of sp³-hybridized carbons (Fsp3) is 0.111. The van der Waals surface area contributed by atoms with Gasteiger partial charge in [0.25, 0.3) is 0 Å². The Hall–Kier alpha value is -1.84. The Labute approximate surface area is 74.5 Å². The number of hydrogen-bond acceptors (Lipinski definition) is 3. The van der Waals surface area contributed by atoms with Crippen LogP contribution in [0.5, 0.6) is 0 Å². The third kappa shape index (κ3) is 0.853. The minimum Gasteiger partial charge on any atom is -0.462 e. The number of rotatable bonds is 0. The first kappa shape index (κ1) is 6.65. The van der Waals surface area contributed by atoms with Gasteiger partial charge >= 0.3 is 0 Å². The summed E-state index contributed by atoms with van der Waals surface area (Å²) in [6.45, 7) is 0.499. The van der Waals surface area contributed by atoms with Gasteiger partial charge in [-0.2, -0.15) is 4.99 Å². The maximum absolute atomic E-state index is 5.09. The number of benzene rings is 1. The first-order chi connectivity index (χ1) is 6.45. The van der Waals surface area contributed by atoms with Crippen molar-refractivity contribution in [1.29, 1.82) is 0 Å². The molecule has 2 heterocycles. The SMILES string of the molecule is C1=Nc2nc3ccccc3n2CO1. The summed E-state index contributed by atoms with van der Waals surface area (Å²) in [7, 11) is 0. The average molecular weight is 173 g/mol. The van der Waals surface area contributed by atoms with Crippen LogP contribution in [0.3, 0.4) is 0 Å². The van der Waals surface area contributed by atoms with E-state index in [4.69, 9.17) is 4.74 Å². The molecule has 0 amide bonds. The molecule has 1 aliphatic heterocycles. The van der Waals surface area contributed by atoms with E-state index < -0.39 is 0 Å². The highest BCUT2D eigenvalue weighted by molar-refractivity contribution is 5.79. The van der Waals surface area contributed by atoms with Gasteiger partial charge in [-0.05, 0) is 12.1 Å². The summed E-state index contributed by atoms with van der Waals surface area (Å²) in [6.07, 6.45) is 1.43. The number of aromatic nitrogens is 2. The van der Waals surface area contributed by atoms with E-state index in [-0.39, 0.29) is 0 Å². The first-order valence-corrected chi connectivity index (χ1v) is 4.04. The Kier molecular flexibility index (Phi) is 1.19. The van der Waals surface area contributed by atoms with E-state index in [2.05, 4.69) is 9.98 Å². The van der Waals surface area contributed by atoms with E-state index in [9.17, 15) is 0 Å². The normalized spacial score (nSPS) is 14.2. The zero-order valence-corrected chi connectivity index (χ0v) is 6.84. The molecule has 1 aromatic heterocycles. The Morgan fingerprint density at radius 3 is 3.23 bits per heavy atom. The molecule has 3 rings (SSSR count). The topological polar surface area (TPSA) is 39.4 Å². The molecular formula is C9H7N3O. The van der Waals surface area contributed by atoms with Crippen molar-refractivity contribution in [3.63, 3.8) is 0 Å². The Morgan fingerprint density at radius 2 is 2.23 bits per heavy atom. The molecule has 64 valence electrons. The van der Waals surface area contributed by atoms with Gasteiger partial charge in [0.15, 0.2) is 13.1 Å². The smallest absolute Gasteiger partial charge is 0.236 e. The minimum absolute atomic E-state index is 0.499. The van der Waals surface area contributed by atoms with Gasteiger partial charge in [-0.25, -0.2) is 4.98 Å². The van der Waals surface area contributed by atoms with Crippen molar-refractivity contribution in [3.8, 4) is 0 Å². The van der Waals surface area contributed by atoms with Crippen molar-refractivity contribution in [2.75, 3.05) is 0 Å². The molecule has 0 radical (unpaired) electrons. The second-order valence-corrected chi connectivity index (χ2v) is 2.86. The monoisotopic (exact) mass is 173 g/mol. The first-order valence-electron chi connectivity index (χ1n) is 4.04. The molecule has 0 saturated heterocycles. The number of imidazole rings is 1. The Balaban J connectivity index is 2.41. The summed E-state index contributed by atoms with van der Waals surface area (Å²) in [4.78, 5) is 8.37. The molecule has 1 aliphatic rings. The number of aliphatic imine (C=N–C) groups is 1. The zero-order chi connectivity index (χ0) is 8.67. The largest absolute Gasteiger partial charge is 0.462 e. The van der Waals surface area contributed by atoms with Crippen LogP contribution in [0.4, 0.5) is 5.95 Å². The number of hydrogen-bond donors (Lipinski definition) is 0. The number of fused-ring (bicyclic) bond motifs is 3. The van der Waals surface area contributed by atoms with Crippen LogP contribution in [0.2, 0.25) is 0 Å². The molecule has 0 spiro atoms. The van der Waals surface area contributed by atoms with Gasteiger partial charge in [0.2, 0.25) is 5.95 Å². The second-order valence-electron chi connectivity index (χ2n) is 2.86. The van der Waals surface area contributed by atoms with Crippen molar-refractivity contribution in [2.24, 2.45) is 4.99 Å². The Morgan fingerprint density at radius 1 is 1.31 bits per heavy atom. The quantitative estimate of drug-likeness (QED) is 0.608. The second kappa shape index (κ2) is 2.32. The Bertz CT molecular complexity index is 487. The van der Waals surface area contributed by atoms with Crippen molar-refractivity contribution < 1.29 is 4.74 Å². The van der Waals surface area contributed by atoms with Crippen LogP contribution in [0.1, 0.15) is 0 Å². The van der Waals surface area contributed by atoms with Gasteiger partial charge < -0.3 is 4.74 Å². The third-order valence-corrected chi connectivity index (χ3v) is 2.08. The van der Waals surface area contributed by atoms with Gasteiger partial charge in [0.05, 0.1) is 11.0 Å². The predicted molar refractivity (Wildman–Crippen MR) is 49.0 cm³/mol. The lowest BCUT2D eigenvalue weighted by Gasteiger charge is -2.08. The summed E-state index contributed by atoms with van der Waals surface area (Å²) in [5.41, 5.74) is 2.02. The maximum atomic E-state index is 5.09. The van der Waals surface area contributed by atoms with E-state index in [1.165, 1.54) is 6.40 Å². The van der Waals surface area contributed by atoms with Crippen molar-refractivity contribution in [2.45, 2.75) is 6.73 Å². The molecule has 0 bridgehead atoms. The summed E-state index contributed by atoms with van der Waals surface area (Å²) in [5, 5.41) is 0. The van der Waals surface area contributed by atoms with E-state index in [1.54, 1.807) is 0 Å². The summed E-state index contributed by atoms with van der Waals surface area (Å²) < 4.78 is 7.03. The number of ether oxygens (including phenoxy) is 1. The predicted octanol–water partition coefficient (Wildman–Crippen LogP) is 1.68. The fourth-order valence-corrected chi connectivity index (χ4v) is 1.48. The number of para-hydroxylation sites is 2. The third-order valence-electron chi connectivity index (χ3n) is 2.08. The minimum atomic E-state index is 0.499. The summed E-state index contributed by atoms with van der Waals surface area (Å²) in [6, 6.07) is 7.92. The molecule has 13 heavy (non-hydrogen) atoms. The molecule has 4 nitrogen and oxygen atoms in total. The molecular weight excluding hydrogens is 166 g/mol. The van der Waals surface area contributed by atoms with Crippen LogP contribution in [0, 0.1) is 0 Å². The summed E-state index contributed by atoms with van der Waals surface area (Å²) in [5.74, 6) is 0.715. The molecule has 0 aliphatic carbocycles. The zero-order valence-electron chi connectivity index (χ0n) is 6.84. The highest BCUT2D eigenvalue weighted by Crippen LogP contribution is 2.22. The molecule has 0 atom stereocenters. The van der Waals surface area contributed by atoms with Crippen molar-refractivity contribution in [1.82, 2.24) is 9.55 Å². The van der Waals surface area contributed by atoms with Gasteiger partial charge in [-0.1, -0.05) is 12.1 Å². The van der Waals surface area contributed by atoms with E-state index >= 15 is 0 Å². The van der Waals surface area contributed by atoms with Crippen LogP contribution < -0.4 is 0 Å². The molecule has 0 saturated carbocycles. The molecule has 0 fully saturated rings. The average Bonchev–Trinajstić information content (AvgIpc) is 2.56. The van der Waals surface area contributed by atoms with Crippen LogP contribution in [0.25, 0.3) is 11.0 Å². The van der Waals surface area contributed by atoms with Gasteiger partial charge in [-0.15, -0.1) is 0 Å². The van der Waals surface area contributed by atoms with Crippen LogP contribution >= 0.6 is 0 Å². The van der Waals surface area contributed by atoms with Crippen LogP contribution in [-0.2, 0) is 11.5 Å². The van der Waals surface area contributed by atoms with Gasteiger partial charge in [-0.3, -0.25) is 4.57 Å².